The van der Waals surface area contributed by atoms with Crippen molar-refractivity contribution in [2.75, 3.05) is 13.2 Å². The summed E-state index contributed by atoms with van der Waals surface area (Å²) >= 11 is 0. The second kappa shape index (κ2) is 6.00. The first-order chi connectivity index (χ1) is 10.9. The van der Waals surface area contributed by atoms with Gasteiger partial charge in [-0.3, -0.25) is 4.90 Å². The van der Waals surface area contributed by atoms with Gasteiger partial charge in [-0.05, 0) is 39.2 Å². The molecule has 124 valence electrons. The molecule has 4 nitrogen and oxygen atoms in total. The molecule has 2 aliphatic rings. The van der Waals surface area contributed by atoms with Gasteiger partial charge in [0.05, 0.1) is 12.6 Å². The lowest BCUT2D eigenvalue weighted by Gasteiger charge is -2.47. The van der Waals surface area contributed by atoms with Gasteiger partial charge in [-0.1, -0.05) is 42.5 Å². The number of carbonyl (C=O) groups is 1. The fourth-order valence-corrected chi connectivity index (χ4v) is 3.49. The van der Waals surface area contributed by atoms with E-state index in [1.807, 2.05) is 43.9 Å². The molecule has 1 aromatic carbocycles. The highest BCUT2D eigenvalue weighted by atomic mass is 16.6. The van der Waals surface area contributed by atoms with Gasteiger partial charge in [-0.25, -0.2) is 4.79 Å². The van der Waals surface area contributed by atoms with E-state index in [1.54, 1.807) is 0 Å². The number of nitrogens with zero attached hydrogens (tertiary/aromatic N) is 1. The fraction of sp³-hybridized carbons (Fsp3) is 0.526. The Bertz CT molecular complexity index is 590. The van der Waals surface area contributed by atoms with Crippen LogP contribution in [0.5, 0.6) is 0 Å². The van der Waals surface area contributed by atoms with Gasteiger partial charge < -0.3 is 9.47 Å². The molecule has 3 rings (SSSR count). The lowest BCUT2D eigenvalue weighted by Crippen LogP contribution is -2.53. The molecule has 2 atom stereocenters. The van der Waals surface area contributed by atoms with Crippen LogP contribution in [-0.4, -0.2) is 35.3 Å². The molecule has 0 radical (unpaired) electrons. The van der Waals surface area contributed by atoms with Crippen molar-refractivity contribution < 1.29 is 14.3 Å². The van der Waals surface area contributed by atoms with Crippen molar-refractivity contribution in [3.63, 3.8) is 0 Å². The fourth-order valence-electron chi connectivity index (χ4n) is 3.49. The average molecular weight is 315 g/mol. The molecule has 1 amide bonds. The predicted molar refractivity (Wildman–Crippen MR) is 89.2 cm³/mol. The van der Waals surface area contributed by atoms with Crippen molar-refractivity contribution in [2.45, 2.75) is 50.9 Å². The summed E-state index contributed by atoms with van der Waals surface area (Å²) < 4.78 is 11.7. The Morgan fingerprint density at radius 2 is 2.04 bits per heavy atom. The molecule has 4 heteroatoms. The van der Waals surface area contributed by atoms with Gasteiger partial charge in [0.25, 0.3) is 0 Å². The summed E-state index contributed by atoms with van der Waals surface area (Å²) in [5, 5.41) is 0. The number of ether oxygens (including phenoxy) is 2. The second-order valence-electron chi connectivity index (χ2n) is 7.26. The molecule has 1 saturated heterocycles. The quantitative estimate of drug-likeness (QED) is 0.733. The lowest BCUT2D eigenvalue weighted by atomic mass is 9.81. The normalized spacial score (nSPS) is 27.4. The van der Waals surface area contributed by atoms with E-state index in [0.717, 1.165) is 18.4 Å². The summed E-state index contributed by atoms with van der Waals surface area (Å²) in [5.41, 5.74) is 0.149. The highest BCUT2D eigenvalue weighted by molar-refractivity contribution is 5.69. The summed E-state index contributed by atoms with van der Waals surface area (Å²) in [6, 6.07) is 9.97. The minimum absolute atomic E-state index is 0.147. The molecule has 0 aliphatic carbocycles. The minimum Gasteiger partial charge on any atom is -0.444 e. The molecule has 1 spiro atoms. The number of hydrogen-bond donors (Lipinski definition) is 0. The summed E-state index contributed by atoms with van der Waals surface area (Å²) in [4.78, 5) is 14.6. The van der Waals surface area contributed by atoms with Crippen LogP contribution < -0.4 is 0 Å². The van der Waals surface area contributed by atoms with Crippen LogP contribution in [0, 0.1) is 0 Å². The molecule has 0 saturated carbocycles. The van der Waals surface area contributed by atoms with Crippen LogP contribution in [0.1, 0.15) is 45.2 Å². The van der Waals surface area contributed by atoms with Crippen molar-refractivity contribution in [2.24, 2.45) is 0 Å². The Labute approximate surface area is 138 Å². The topological polar surface area (TPSA) is 38.8 Å². The first-order valence-electron chi connectivity index (χ1n) is 8.28. The monoisotopic (exact) mass is 315 g/mol. The Kier molecular flexibility index (Phi) is 4.19. The van der Waals surface area contributed by atoms with Gasteiger partial charge in [0.2, 0.25) is 0 Å². The number of benzene rings is 1. The van der Waals surface area contributed by atoms with Crippen molar-refractivity contribution in [1.29, 1.82) is 0 Å². The summed E-state index contributed by atoms with van der Waals surface area (Å²) in [7, 11) is 0. The van der Waals surface area contributed by atoms with E-state index in [4.69, 9.17) is 9.47 Å². The van der Waals surface area contributed by atoms with Crippen LogP contribution in [0.2, 0.25) is 0 Å². The largest absolute Gasteiger partial charge is 0.444 e. The smallest absolute Gasteiger partial charge is 0.410 e. The van der Waals surface area contributed by atoms with Gasteiger partial charge in [-0.2, -0.15) is 0 Å². The average Bonchev–Trinajstić information content (AvgIpc) is 2.95. The first kappa shape index (κ1) is 16.1. The lowest BCUT2D eigenvalue weighted by molar-refractivity contribution is -0.0812. The Morgan fingerprint density at radius 3 is 2.65 bits per heavy atom. The summed E-state index contributed by atoms with van der Waals surface area (Å²) in [5.74, 6) is 0. The Hall–Kier alpha value is -1.81. The van der Waals surface area contributed by atoms with E-state index in [0.29, 0.717) is 13.2 Å². The van der Waals surface area contributed by atoms with Gasteiger partial charge in [0.15, 0.2) is 0 Å². The van der Waals surface area contributed by atoms with Crippen molar-refractivity contribution in [1.82, 2.24) is 4.90 Å². The van der Waals surface area contributed by atoms with Crippen LogP contribution >= 0.6 is 0 Å². The molecule has 23 heavy (non-hydrogen) atoms. The van der Waals surface area contributed by atoms with Crippen LogP contribution in [0.3, 0.4) is 0 Å². The molecule has 2 aliphatic heterocycles. The number of hydrogen-bond acceptors (Lipinski definition) is 3. The number of piperidine rings is 1. The van der Waals surface area contributed by atoms with E-state index in [2.05, 4.69) is 24.3 Å². The maximum absolute atomic E-state index is 12.8. The van der Waals surface area contributed by atoms with E-state index >= 15 is 0 Å². The van der Waals surface area contributed by atoms with Crippen molar-refractivity contribution >= 4 is 6.09 Å². The molecular weight excluding hydrogens is 290 g/mol. The van der Waals surface area contributed by atoms with E-state index in [1.165, 1.54) is 0 Å². The van der Waals surface area contributed by atoms with Crippen molar-refractivity contribution in [3.8, 4) is 0 Å². The van der Waals surface area contributed by atoms with Crippen LogP contribution in [0.4, 0.5) is 4.79 Å². The molecule has 2 heterocycles. The van der Waals surface area contributed by atoms with Gasteiger partial charge >= 0.3 is 6.09 Å². The van der Waals surface area contributed by atoms with Crippen LogP contribution in [-0.2, 0) is 9.47 Å². The summed E-state index contributed by atoms with van der Waals surface area (Å²) in [6.45, 7) is 6.98. The molecule has 1 unspecified atom stereocenters. The highest BCUT2D eigenvalue weighted by Gasteiger charge is 2.48. The van der Waals surface area contributed by atoms with Gasteiger partial charge in [-0.15, -0.1) is 0 Å². The van der Waals surface area contributed by atoms with Gasteiger partial charge in [0, 0.05) is 6.54 Å². The number of amides is 1. The SMILES string of the molecule is CC(C)(C)OC(=O)N1CCC[C@]2(C=CCO2)C1c1ccccc1. The zero-order valence-electron chi connectivity index (χ0n) is 14.1. The third-order valence-corrected chi connectivity index (χ3v) is 4.33. The molecular formula is C19H25NO3. The highest BCUT2D eigenvalue weighted by Crippen LogP contribution is 2.45. The van der Waals surface area contributed by atoms with Crippen molar-refractivity contribution in [3.05, 3.63) is 48.0 Å². The predicted octanol–water partition coefficient (Wildman–Crippen LogP) is 4.08. The number of likely N-dealkylation sites (tertiary alicyclic amines) is 1. The third-order valence-electron chi connectivity index (χ3n) is 4.33. The zero-order chi connectivity index (χ0) is 16.5. The third kappa shape index (κ3) is 3.27. The Morgan fingerprint density at radius 1 is 1.30 bits per heavy atom. The number of carbonyl (C=O) groups excluding carboxylic acids is 1. The minimum atomic E-state index is -0.505. The molecule has 0 aromatic heterocycles. The van der Waals surface area contributed by atoms with Crippen LogP contribution in [0.15, 0.2) is 42.5 Å². The van der Waals surface area contributed by atoms with E-state index in [-0.39, 0.29) is 12.1 Å². The Balaban J connectivity index is 1.96. The first-order valence-corrected chi connectivity index (χ1v) is 8.28. The molecule has 0 bridgehead atoms. The van der Waals surface area contributed by atoms with E-state index < -0.39 is 11.2 Å². The maximum atomic E-state index is 12.8. The number of rotatable bonds is 1. The maximum Gasteiger partial charge on any atom is 0.410 e. The van der Waals surface area contributed by atoms with Crippen LogP contribution in [0.25, 0.3) is 0 Å². The standard InChI is InChI=1S/C19H25NO3/c1-18(2,3)23-17(21)20-13-7-11-19(12-8-14-22-19)16(20)15-9-5-4-6-10-15/h4-6,8-10,12,16H,7,11,13-14H2,1-3H3/t16?,19-/m0/s1. The molecule has 0 N–H and O–H groups in total. The summed E-state index contributed by atoms with van der Waals surface area (Å²) in [6.07, 6.45) is 5.74. The molecule has 1 fully saturated rings. The second-order valence-corrected chi connectivity index (χ2v) is 7.26. The van der Waals surface area contributed by atoms with E-state index in [9.17, 15) is 4.79 Å². The molecule has 1 aromatic rings. The van der Waals surface area contributed by atoms with Gasteiger partial charge in [0.1, 0.15) is 11.2 Å². The zero-order valence-corrected chi connectivity index (χ0v) is 14.1.